The zero-order valence-corrected chi connectivity index (χ0v) is 37.3. The Morgan fingerprint density at radius 3 is 2.23 bits per heavy atom. The average Bonchev–Trinajstić information content (AvgIpc) is 3.78. The molecular weight excluding hydrogens is 865 g/mol. The topological polar surface area (TPSA) is 218 Å². The van der Waals surface area contributed by atoms with Gasteiger partial charge in [0.15, 0.2) is 0 Å². The molecule has 340 valence electrons. The van der Waals surface area contributed by atoms with Gasteiger partial charge in [0.25, 0.3) is 11.8 Å². The molecule has 7 rings (SSSR count). The Kier molecular flexibility index (Phi) is 14.9. The number of piperidine rings is 2. The van der Waals surface area contributed by atoms with E-state index in [4.69, 9.17) is 36.9 Å². The molecule has 64 heavy (non-hydrogen) atoms. The molecule has 3 aromatic carbocycles. The van der Waals surface area contributed by atoms with Crippen LogP contribution in [0.2, 0.25) is 0 Å². The van der Waals surface area contributed by atoms with Crippen LogP contribution < -0.4 is 21.1 Å². The Hall–Kier alpha value is -5.57. The molecule has 5 amide bonds. The molecule has 1 unspecified atom stereocenters. The van der Waals surface area contributed by atoms with Crippen molar-refractivity contribution >= 4 is 73.4 Å². The molecule has 1 atom stereocenters. The number of carbonyl (C=O) groups excluding carboxylic acids is 5. The molecule has 3 aliphatic rings. The number of nitrogens with one attached hydrogen (secondary N) is 2. The summed E-state index contributed by atoms with van der Waals surface area (Å²) in [6.45, 7) is 5.81. The van der Waals surface area contributed by atoms with Crippen LogP contribution in [0.1, 0.15) is 78.3 Å². The summed E-state index contributed by atoms with van der Waals surface area (Å²) < 4.78 is 52.1. The zero-order valence-electron chi connectivity index (χ0n) is 35.7. The lowest BCUT2D eigenvalue weighted by Crippen LogP contribution is -2.54. The van der Waals surface area contributed by atoms with Crippen molar-refractivity contribution in [2.75, 3.05) is 64.7 Å². The van der Waals surface area contributed by atoms with Gasteiger partial charge in [0.05, 0.1) is 68.0 Å². The monoisotopic (exact) mass is 916 g/mol. The van der Waals surface area contributed by atoms with E-state index in [1.165, 1.54) is 6.07 Å². The number of aromatic nitrogens is 1. The second-order valence-electron chi connectivity index (χ2n) is 16.0. The van der Waals surface area contributed by atoms with Crippen LogP contribution in [0.5, 0.6) is 5.75 Å². The third-order valence-electron chi connectivity index (χ3n) is 11.5. The minimum Gasteiger partial charge on any atom is -0.490 e. The zero-order chi connectivity index (χ0) is 45.5. The van der Waals surface area contributed by atoms with Crippen LogP contribution in [0.4, 0.5) is 5.69 Å². The first kappa shape index (κ1) is 46.4. The Bertz CT molecular complexity index is 2550. The summed E-state index contributed by atoms with van der Waals surface area (Å²) >= 11 is 5.24. The molecule has 4 N–H and O–H groups in total. The lowest BCUT2D eigenvalue weighted by Gasteiger charge is -2.33. The van der Waals surface area contributed by atoms with Crippen LogP contribution in [0, 0.1) is 0 Å². The number of nitrogens with zero attached hydrogens (tertiary/aromatic N) is 3. The highest BCUT2D eigenvalue weighted by Gasteiger charge is 2.46. The molecule has 2 saturated heterocycles. The van der Waals surface area contributed by atoms with Crippen LogP contribution in [-0.2, 0) is 38.6 Å². The number of imide groups is 2. The van der Waals surface area contributed by atoms with Crippen LogP contribution >= 0.6 is 12.2 Å². The van der Waals surface area contributed by atoms with Crippen LogP contribution in [0.3, 0.4) is 0 Å². The molecule has 0 bridgehead atoms. The predicted octanol–water partition coefficient (Wildman–Crippen LogP) is 4.18. The lowest BCUT2D eigenvalue weighted by atomic mass is 10.0. The number of thiocarbonyl (C=S) groups is 1. The fourth-order valence-corrected chi connectivity index (χ4v) is 9.56. The Balaban J connectivity index is 0.831. The first-order valence-electron chi connectivity index (χ1n) is 21.3. The van der Waals surface area contributed by atoms with E-state index in [1.807, 2.05) is 42.5 Å². The second kappa shape index (κ2) is 20.5. The number of fused-ring (bicyclic) bond motifs is 2. The minimum atomic E-state index is -3.36. The van der Waals surface area contributed by atoms with Crippen molar-refractivity contribution < 1.29 is 51.3 Å². The molecule has 0 radical (unpaired) electrons. The van der Waals surface area contributed by atoms with E-state index in [-0.39, 0.29) is 94.3 Å². The number of rotatable bonds is 20. The van der Waals surface area contributed by atoms with Crippen LogP contribution in [0.15, 0.2) is 66.9 Å². The number of benzene rings is 3. The molecular formula is C45H52N6O11S2. The highest BCUT2D eigenvalue weighted by atomic mass is 32.2. The van der Waals surface area contributed by atoms with Gasteiger partial charge in [-0.15, -0.1) is 0 Å². The first-order valence-corrected chi connectivity index (χ1v) is 23.2. The molecule has 4 aromatic rings. The summed E-state index contributed by atoms with van der Waals surface area (Å²) in [4.78, 5) is 64.4. The van der Waals surface area contributed by atoms with Crippen molar-refractivity contribution in [1.29, 1.82) is 0 Å². The number of amides is 5. The standard InChI is InChI=1S/C45H52N6O11S2/c1-28(2)64(57,58)49-16-13-32(14-17-49)50-27-35(29-5-3-6-30(25-29)42(46)63)33-10-9-31(26-37(33)50)47-40(53)15-18-59-19-20-60-21-22-61-23-24-62-38-8-4-7-34-41(38)45(56)51(44(34)55)36-11-12-39(52)48-43(36)54/h3-10,25-28,32,36H,11-24H2,1-2H3,(H2,46,63)(H,47,53)(H,48,52,54). The Morgan fingerprint density at radius 1 is 0.859 bits per heavy atom. The summed E-state index contributed by atoms with van der Waals surface area (Å²) in [5.41, 5.74) is 10.4. The summed E-state index contributed by atoms with van der Waals surface area (Å²) in [6, 6.07) is 17.2. The van der Waals surface area contributed by atoms with Gasteiger partial charge in [0.1, 0.15) is 23.4 Å². The Morgan fingerprint density at radius 2 is 1.55 bits per heavy atom. The third kappa shape index (κ3) is 10.3. The van der Waals surface area contributed by atoms with Crippen molar-refractivity contribution in [3.63, 3.8) is 0 Å². The summed E-state index contributed by atoms with van der Waals surface area (Å²) in [7, 11) is -3.36. The third-order valence-corrected chi connectivity index (χ3v) is 14.0. The van der Waals surface area contributed by atoms with Crippen molar-refractivity contribution in [2.24, 2.45) is 5.73 Å². The van der Waals surface area contributed by atoms with Gasteiger partial charge >= 0.3 is 0 Å². The minimum absolute atomic E-state index is 0.0302. The van der Waals surface area contributed by atoms with Crippen molar-refractivity contribution in [1.82, 2.24) is 19.1 Å². The average molecular weight is 917 g/mol. The van der Waals surface area contributed by atoms with E-state index in [0.717, 1.165) is 32.5 Å². The number of hydrogen-bond acceptors (Lipinski definition) is 12. The van der Waals surface area contributed by atoms with E-state index in [0.29, 0.717) is 36.6 Å². The molecule has 0 spiro atoms. The molecule has 17 nitrogen and oxygen atoms in total. The molecule has 4 heterocycles. The van der Waals surface area contributed by atoms with Gasteiger partial charge in [-0.2, -0.15) is 0 Å². The number of hydrogen-bond donors (Lipinski definition) is 3. The Labute approximate surface area is 376 Å². The lowest BCUT2D eigenvalue weighted by molar-refractivity contribution is -0.136. The van der Waals surface area contributed by atoms with Gasteiger partial charge in [-0.05, 0) is 69.0 Å². The van der Waals surface area contributed by atoms with E-state index in [1.54, 1.807) is 30.3 Å². The van der Waals surface area contributed by atoms with Gasteiger partial charge in [0, 0.05) is 53.9 Å². The number of carbonyl (C=O) groups is 5. The fourth-order valence-electron chi connectivity index (χ4n) is 8.12. The smallest absolute Gasteiger partial charge is 0.266 e. The second-order valence-corrected chi connectivity index (χ2v) is 18.9. The first-order chi connectivity index (χ1) is 30.7. The number of anilines is 1. The van der Waals surface area contributed by atoms with E-state index in [9.17, 15) is 32.4 Å². The van der Waals surface area contributed by atoms with Crippen molar-refractivity contribution in [3.8, 4) is 16.9 Å². The van der Waals surface area contributed by atoms with Crippen molar-refractivity contribution in [3.05, 3.63) is 83.6 Å². The van der Waals surface area contributed by atoms with Gasteiger partial charge in [-0.25, -0.2) is 12.7 Å². The van der Waals surface area contributed by atoms with Gasteiger partial charge in [-0.1, -0.05) is 42.5 Å². The molecule has 0 saturated carbocycles. The number of nitrogens with two attached hydrogens (primary N) is 1. The van der Waals surface area contributed by atoms with E-state index >= 15 is 0 Å². The maximum absolute atomic E-state index is 13.2. The van der Waals surface area contributed by atoms with Crippen LogP contribution in [-0.4, -0.2) is 127 Å². The summed E-state index contributed by atoms with van der Waals surface area (Å²) in [5.74, 6) is -2.40. The fraction of sp³-hybridized carbons (Fsp3) is 0.422. The largest absolute Gasteiger partial charge is 0.490 e. The normalized spacial score (nSPS) is 17.3. The summed E-state index contributed by atoms with van der Waals surface area (Å²) in [5, 5.41) is 5.66. The highest BCUT2D eigenvalue weighted by Crippen LogP contribution is 2.38. The maximum Gasteiger partial charge on any atom is 0.266 e. The van der Waals surface area contributed by atoms with Crippen LogP contribution in [0.25, 0.3) is 22.0 Å². The predicted molar refractivity (Wildman–Crippen MR) is 241 cm³/mol. The van der Waals surface area contributed by atoms with Gasteiger partial charge in [-0.3, -0.25) is 34.2 Å². The SMILES string of the molecule is CC(C)S(=O)(=O)N1CCC(n2cc(-c3cccc(C(N)=S)c3)c3ccc(NC(=O)CCOCCOCCOCCOc4cccc5c4C(=O)N(C4CCC(=O)NC4=O)C5=O)cc32)CC1. The molecule has 1 aromatic heterocycles. The van der Waals surface area contributed by atoms with Gasteiger partial charge < -0.3 is 34.6 Å². The van der Waals surface area contributed by atoms with Gasteiger partial charge in [0.2, 0.25) is 27.7 Å². The quantitative estimate of drug-likeness (QED) is 0.0645. The number of ether oxygens (including phenoxy) is 4. The molecule has 3 aliphatic heterocycles. The van der Waals surface area contributed by atoms with E-state index < -0.39 is 44.9 Å². The molecule has 0 aliphatic carbocycles. The molecule has 19 heteroatoms. The van der Waals surface area contributed by atoms with Crippen molar-refractivity contribution in [2.45, 2.75) is 63.3 Å². The van der Waals surface area contributed by atoms with E-state index in [2.05, 4.69) is 21.4 Å². The number of sulfonamides is 1. The maximum atomic E-state index is 13.2. The molecule has 2 fully saturated rings. The highest BCUT2D eigenvalue weighted by molar-refractivity contribution is 7.89. The summed E-state index contributed by atoms with van der Waals surface area (Å²) in [6.07, 6.45) is 3.60.